The van der Waals surface area contributed by atoms with E-state index in [1.165, 1.54) is 7.11 Å². The first kappa shape index (κ1) is 34.3. The molecule has 1 aromatic rings. The summed E-state index contributed by atoms with van der Waals surface area (Å²) in [6, 6.07) is 5.59. The molecule has 2 aliphatic rings. The Balaban J connectivity index is 1.79. The van der Waals surface area contributed by atoms with Gasteiger partial charge < -0.3 is 38.6 Å². The van der Waals surface area contributed by atoms with E-state index in [0.29, 0.717) is 29.8 Å². The van der Waals surface area contributed by atoms with Crippen molar-refractivity contribution in [1.29, 1.82) is 0 Å². The number of cyclic esters (lactones) is 1. The summed E-state index contributed by atoms with van der Waals surface area (Å²) in [4.78, 5) is 48.9. The van der Waals surface area contributed by atoms with E-state index in [1.54, 1.807) is 46.1 Å². The number of esters is 1. The van der Waals surface area contributed by atoms with Gasteiger partial charge in [-0.2, -0.15) is 0 Å². The van der Waals surface area contributed by atoms with Crippen LogP contribution >= 0.6 is 11.6 Å². The van der Waals surface area contributed by atoms with E-state index in [4.69, 9.17) is 35.3 Å². The average Bonchev–Trinajstić information content (AvgIpc) is 3.67. The van der Waals surface area contributed by atoms with Crippen molar-refractivity contribution < 1.29 is 42.9 Å². The molecule has 2 saturated heterocycles. The number of carbonyl (C=O) groups excluding carboxylic acids is 4. The molecular formula is C32H42ClNO9. The molecule has 2 heterocycles. The summed E-state index contributed by atoms with van der Waals surface area (Å²) in [7, 11) is 3.03. The lowest BCUT2D eigenvalue weighted by Gasteiger charge is -2.48. The molecule has 0 unspecified atom stereocenters. The molecule has 2 fully saturated rings. The number of allylic oxidation sites excluding steroid dienone is 3. The number of alkyl carbamates (subject to hydrolysis) is 1. The SMILES string of the molecule is CCC(=O)O[C@@H](CC=O)[C@]1(C)O[C@H]1[C@H](C)[C@]1(C)C[C@](C=O)([C@@H](/C=C/C=C(\C)Cc2ccc(Cl)c(OC)c2)OC)NC(=O)O1. The second-order valence-electron chi connectivity index (χ2n) is 11.6. The minimum atomic E-state index is -1.43. The molecule has 0 bridgehead atoms. The highest BCUT2D eigenvalue weighted by Crippen LogP contribution is 2.51. The average molecular weight is 620 g/mol. The van der Waals surface area contributed by atoms with E-state index in [9.17, 15) is 19.2 Å². The number of rotatable bonds is 15. The number of ether oxygens (including phenoxy) is 5. The molecule has 0 aliphatic carbocycles. The molecule has 11 heteroatoms. The smallest absolute Gasteiger partial charge is 0.408 e. The van der Waals surface area contributed by atoms with Gasteiger partial charge in [-0.05, 0) is 44.9 Å². The van der Waals surface area contributed by atoms with Crippen LogP contribution in [-0.4, -0.2) is 73.9 Å². The van der Waals surface area contributed by atoms with Crippen LogP contribution in [0, 0.1) is 5.92 Å². The van der Waals surface area contributed by atoms with Crippen molar-refractivity contribution in [3.05, 3.63) is 52.6 Å². The van der Waals surface area contributed by atoms with Crippen LogP contribution in [0.25, 0.3) is 0 Å². The van der Waals surface area contributed by atoms with E-state index < -0.39 is 53.0 Å². The lowest BCUT2D eigenvalue weighted by Crippen LogP contribution is -2.68. The predicted molar refractivity (Wildman–Crippen MR) is 160 cm³/mol. The number of benzene rings is 1. The van der Waals surface area contributed by atoms with E-state index in [-0.39, 0.29) is 19.3 Å². The van der Waals surface area contributed by atoms with Crippen LogP contribution in [0.3, 0.4) is 0 Å². The summed E-state index contributed by atoms with van der Waals surface area (Å²) in [6.45, 7) is 8.99. The normalized spacial score (nSPS) is 29.2. The van der Waals surface area contributed by atoms with Crippen molar-refractivity contribution in [2.24, 2.45) is 5.92 Å². The number of hydrogen-bond acceptors (Lipinski definition) is 9. The molecule has 3 rings (SSSR count). The number of hydrogen-bond donors (Lipinski definition) is 1. The highest BCUT2D eigenvalue weighted by Gasteiger charge is 2.66. The van der Waals surface area contributed by atoms with Crippen molar-refractivity contribution in [3.8, 4) is 5.75 Å². The minimum Gasteiger partial charge on any atom is -0.495 e. The second kappa shape index (κ2) is 14.1. The van der Waals surface area contributed by atoms with Crippen LogP contribution in [0.15, 0.2) is 42.0 Å². The Morgan fingerprint density at radius 3 is 2.58 bits per heavy atom. The van der Waals surface area contributed by atoms with Crippen LogP contribution in [0.1, 0.15) is 59.4 Å². The van der Waals surface area contributed by atoms with Gasteiger partial charge in [0.15, 0.2) is 0 Å². The topological polar surface area (TPSA) is 130 Å². The zero-order valence-electron chi connectivity index (χ0n) is 25.8. The largest absolute Gasteiger partial charge is 0.495 e. The zero-order chi connectivity index (χ0) is 32.0. The number of aldehydes is 2. The van der Waals surface area contributed by atoms with E-state index in [1.807, 2.05) is 32.1 Å². The minimum absolute atomic E-state index is 0.0309. The summed E-state index contributed by atoms with van der Waals surface area (Å²) in [6.07, 6.45) is 4.75. The predicted octanol–water partition coefficient (Wildman–Crippen LogP) is 4.94. The van der Waals surface area contributed by atoms with E-state index in [0.717, 1.165) is 11.1 Å². The number of epoxide rings is 1. The maximum atomic E-state index is 12.9. The number of carbonyl (C=O) groups is 4. The van der Waals surface area contributed by atoms with Gasteiger partial charge in [0, 0.05) is 32.3 Å². The van der Waals surface area contributed by atoms with Gasteiger partial charge >= 0.3 is 12.1 Å². The monoisotopic (exact) mass is 619 g/mol. The standard InChI is InChI=1S/C32H42ClNO9/c1-8-27(37)41-25(14-15-35)31(5)28(42-31)21(3)30(4)18-32(19-36,34-29(38)43-30)26(40-7)11-9-10-20(2)16-22-12-13-23(33)24(17-22)39-6/h9-13,15,17,19,21,25-26,28H,8,14,16,18H2,1-7H3,(H,34,38)/b11-9+,20-10+/t21-,25-,26+,28-,30-,31-,32-/m0/s1. The Morgan fingerprint density at radius 2 is 1.98 bits per heavy atom. The molecular weight excluding hydrogens is 578 g/mol. The third-order valence-corrected chi connectivity index (χ3v) is 8.77. The van der Waals surface area contributed by atoms with E-state index >= 15 is 0 Å². The lowest BCUT2D eigenvalue weighted by atomic mass is 9.72. The van der Waals surface area contributed by atoms with Crippen molar-refractivity contribution in [3.63, 3.8) is 0 Å². The number of methoxy groups -OCH3 is 2. The van der Waals surface area contributed by atoms with Crippen LogP contribution < -0.4 is 10.1 Å². The van der Waals surface area contributed by atoms with E-state index in [2.05, 4.69) is 5.32 Å². The second-order valence-corrected chi connectivity index (χ2v) is 12.0. The van der Waals surface area contributed by atoms with Crippen molar-refractivity contribution >= 4 is 36.2 Å². The third-order valence-electron chi connectivity index (χ3n) is 8.46. The van der Waals surface area contributed by atoms with Gasteiger partial charge in [0.25, 0.3) is 0 Å². The molecule has 2 aliphatic heterocycles. The quantitative estimate of drug-likeness (QED) is 0.126. The molecule has 0 radical (unpaired) electrons. The molecule has 1 aromatic carbocycles. The maximum absolute atomic E-state index is 12.9. The molecule has 0 saturated carbocycles. The molecule has 7 atom stereocenters. The molecule has 236 valence electrons. The fourth-order valence-electron chi connectivity index (χ4n) is 5.77. The van der Waals surface area contributed by atoms with Gasteiger partial charge in [0.2, 0.25) is 0 Å². The summed E-state index contributed by atoms with van der Waals surface area (Å²) in [5, 5.41) is 3.22. The molecule has 1 amide bonds. The zero-order valence-corrected chi connectivity index (χ0v) is 26.6. The molecule has 10 nitrogen and oxygen atoms in total. The third kappa shape index (κ3) is 7.66. The summed E-state index contributed by atoms with van der Waals surface area (Å²) < 4.78 is 28.3. The van der Waals surface area contributed by atoms with Crippen LogP contribution in [0.4, 0.5) is 4.79 Å². The first-order valence-corrected chi connectivity index (χ1v) is 14.7. The number of amides is 1. The fourth-order valence-corrected chi connectivity index (χ4v) is 5.97. The highest BCUT2D eigenvalue weighted by molar-refractivity contribution is 6.32. The molecule has 43 heavy (non-hydrogen) atoms. The van der Waals surface area contributed by atoms with Gasteiger partial charge in [-0.3, -0.25) is 4.79 Å². The maximum Gasteiger partial charge on any atom is 0.408 e. The Morgan fingerprint density at radius 1 is 1.26 bits per heavy atom. The molecule has 0 spiro atoms. The number of nitrogens with one attached hydrogen (secondary N) is 1. The van der Waals surface area contributed by atoms with Crippen molar-refractivity contribution in [1.82, 2.24) is 5.32 Å². The van der Waals surface area contributed by atoms with Crippen LogP contribution in [0.5, 0.6) is 5.75 Å². The van der Waals surface area contributed by atoms with Crippen LogP contribution in [-0.2, 0) is 39.8 Å². The fraction of sp³-hybridized carbons (Fsp3) is 0.562. The molecule has 1 N–H and O–H groups in total. The summed E-state index contributed by atoms with van der Waals surface area (Å²) >= 11 is 6.13. The van der Waals surface area contributed by atoms with Crippen molar-refractivity contribution in [2.75, 3.05) is 14.2 Å². The van der Waals surface area contributed by atoms with Gasteiger partial charge in [-0.1, -0.05) is 55.3 Å². The Hall–Kier alpha value is -3.21. The highest BCUT2D eigenvalue weighted by atomic mass is 35.5. The first-order valence-electron chi connectivity index (χ1n) is 14.3. The first-order chi connectivity index (χ1) is 20.3. The lowest BCUT2D eigenvalue weighted by molar-refractivity contribution is -0.152. The molecule has 0 aromatic heterocycles. The van der Waals surface area contributed by atoms with Gasteiger partial charge in [0.1, 0.15) is 47.3 Å². The number of halogens is 1. The van der Waals surface area contributed by atoms with Gasteiger partial charge in [-0.25, -0.2) is 4.79 Å². The summed E-state index contributed by atoms with van der Waals surface area (Å²) in [5.74, 6) is -0.278. The Bertz CT molecular complexity index is 1270. The van der Waals surface area contributed by atoms with Gasteiger partial charge in [0.05, 0.1) is 18.2 Å². The summed E-state index contributed by atoms with van der Waals surface area (Å²) in [5.41, 5.74) is -1.49. The Kier molecular flexibility index (Phi) is 11.2. The van der Waals surface area contributed by atoms with Crippen molar-refractivity contribution in [2.45, 2.75) is 95.4 Å². The van der Waals surface area contributed by atoms with Crippen LogP contribution in [0.2, 0.25) is 5.02 Å². The Labute approximate surface area is 258 Å². The van der Waals surface area contributed by atoms with Gasteiger partial charge in [-0.15, -0.1) is 0 Å².